The van der Waals surface area contributed by atoms with Gasteiger partial charge in [0.25, 0.3) is 0 Å². The molecule has 0 aromatic heterocycles. The summed E-state index contributed by atoms with van der Waals surface area (Å²) in [4.78, 5) is 4.90. The highest BCUT2D eigenvalue weighted by Crippen LogP contribution is 2.42. The first-order chi connectivity index (χ1) is 12.1. The van der Waals surface area contributed by atoms with Crippen molar-refractivity contribution in [2.24, 2.45) is 10.9 Å². The van der Waals surface area contributed by atoms with Gasteiger partial charge in [-0.2, -0.15) is 0 Å². The van der Waals surface area contributed by atoms with Crippen molar-refractivity contribution in [3.05, 3.63) is 71.3 Å². The molecule has 4 rings (SSSR count). The van der Waals surface area contributed by atoms with Gasteiger partial charge >= 0.3 is 0 Å². The Kier molecular flexibility index (Phi) is 4.33. The zero-order valence-corrected chi connectivity index (χ0v) is 15.4. The van der Waals surface area contributed by atoms with E-state index in [0.717, 1.165) is 5.69 Å². The molecule has 1 heteroatoms. The molecule has 128 valence electrons. The third-order valence-electron chi connectivity index (χ3n) is 5.94. The van der Waals surface area contributed by atoms with Crippen LogP contribution in [0.25, 0.3) is 5.57 Å². The average molecular weight is 329 g/mol. The van der Waals surface area contributed by atoms with Crippen LogP contribution in [0.5, 0.6) is 0 Å². The van der Waals surface area contributed by atoms with Crippen LogP contribution in [0.4, 0.5) is 5.69 Å². The molecule has 25 heavy (non-hydrogen) atoms. The summed E-state index contributed by atoms with van der Waals surface area (Å²) in [5.74, 6) is 0.957. The first-order valence-corrected chi connectivity index (χ1v) is 9.58. The molecule has 1 saturated carbocycles. The molecule has 1 heterocycles. The van der Waals surface area contributed by atoms with Crippen molar-refractivity contribution in [3.63, 3.8) is 0 Å². The SMILES string of the molecule is C=C(c1ccc2c(c1)N=C(C)C2c1ccc(C)cc1)C1CCCCC1. The predicted octanol–water partition coefficient (Wildman–Crippen LogP) is 6.83. The molecule has 0 saturated heterocycles. The Hall–Kier alpha value is -2.15. The smallest absolute Gasteiger partial charge is 0.0677 e. The Morgan fingerprint density at radius 2 is 1.68 bits per heavy atom. The average Bonchev–Trinajstić information content (AvgIpc) is 2.97. The lowest BCUT2D eigenvalue weighted by atomic mass is 9.81. The maximum atomic E-state index is 4.90. The van der Waals surface area contributed by atoms with E-state index in [0.29, 0.717) is 11.8 Å². The van der Waals surface area contributed by atoms with Crippen molar-refractivity contribution in [1.82, 2.24) is 0 Å². The van der Waals surface area contributed by atoms with Crippen LogP contribution in [0.2, 0.25) is 0 Å². The third-order valence-corrected chi connectivity index (χ3v) is 5.94. The van der Waals surface area contributed by atoms with Gasteiger partial charge in [-0.15, -0.1) is 0 Å². The molecular formula is C24H27N. The van der Waals surface area contributed by atoms with E-state index in [9.17, 15) is 0 Å². The van der Waals surface area contributed by atoms with Crippen LogP contribution in [-0.2, 0) is 0 Å². The molecule has 0 amide bonds. The molecule has 2 aliphatic rings. The van der Waals surface area contributed by atoms with E-state index in [2.05, 4.69) is 62.9 Å². The van der Waals surface area contributed by atoms with Gasteiger partial charge in [-0.05, 0) is 60.9 Å². The van der Waals surface area contributed by atoms with E-state index in [1.807, 2.05) is 0 Å². The standard InChI is InChI=1S/C24H27N/c1-16-9-11-20(12-10-16)24-18(3)25-23-15-21(13-14-22(23)24)17(2)19-7-5-4-6-8-19/h9-15,19,24H,2,4-8H2,1,3H3. The molecule has 1 atom stereocenters. The molecular weight excluding hydrogens is 302 g/mol. The summed E-state index contributed by atoms with van der Waals surface area (Å²) in [7, 11) is 0. The minimum Gasteiger partial charge on any atom is -0.257 e. The van der Waals surface area contributed by atoms with Crippen LogP contribution in [0.3, 0.4) is 0 Å². The molecule has 2 aromatic rings. The summed E-state index contributed by atoms with van der Waals surface area (Å²) >= 11 is 0. The second-order valence-corrected chi connectivity index (χ2v) is 7.73. The maximum absolute atomic E-state index is 4.90. The summed E-state index contributed by atoms with van der Waals surface area (Å²) < 4.78 is 0. The highest BCUT2D eigenvalue weighted by atomic mass is 14.8. The van der Waals surface area contributed by atoms with Crippen molar-refractivity contribution >= 4 is 17.0 Å². The van der Waals surface area contributed by atoms with Crippen molar-refractivity contribution in [1.29, 1.82) is 0 Å². The largest absolute Gasteiger partial charge is 0.257 e. The molecule has 1 unspecified atom stereocenters. The van der Waals surface area contributed by atoms with Crippen molar-refractivity contribution in [2.45, 2.75) is 51.9 Å². The fraction of sp³-hybridized carbons (Fsp3) is 0.375. The fourth-order valence-corrected chi connectivity index (χ4v) is 4.43. The van der Waals surface area contributed by atoms with Gasteiger partial charge in [0, 0.05) is 11.6 Å². The summed E-state index contributed by atoms with van der Waals surface area (Å²) in [5.41, 5.74) is 8.90. The highest BCUT2D eigenvalue weighted by Gasteiger charge is 2.27. The summed E-state index contributed by atoms with van der Waals surface area (Å²) in [6.07, 6.45) is 6.67. The molecule has 0 bridgehead atoms. The molecule has 0 N–H and O–H groups in total. The number of rotatable bonds is 3. The molecule has 0 radical (unpaired) electrons. The van der Waals surface area contributed by atoms with Gasteiger partial charge in [0.05, 0.1) is 5.69 Å². The lowest BCUT2D eigenvalue weighted by Gasteiger charge is -2.24. The number of aliphatic imine (C=N–C) groups is 1. The molecule has 2 aromatic carbocycles. The number of fused-ring (bicyclic) bond motifs is 1. The second-order valence-electron chi connectivity index (χ2n) is 7.73. The number of benzene rings is 2. The Balaban J connectivity index is 1.64. The molecule has 1 aliphatic carbocycles. The highest BCUT2D eigenvalue weighted by molar-refractivity contribution is 5.99. The van der Waals surface area contributed by atoms with Gasteiger partial charge < -0.3 is 0 Å². The summed E-state index contributed by atoms with van der Waals surface area (Å²) in [6, 6.07) is 15.7. The minimum atomic E-state index is 0.299. The minimum absolute atomic E-state index is 0.299. The van der Waals surface area contributed by atoms with Gasteiger partial charge in [-0.3, -0.25) is 4.99 Å². The van der Waals surface area contributed by atoms with Gasteiger partial charge in [0.15, 0.2) is 0 Å². The van der Waals surface area contributed by atoms with Crippen molar-refractivity contribution < 1.29 is 0 Å². The van der Waals surface area contributed by atoms with E-state index in [1.54, 1.807) is 0 Å². The first-order valence-electron chi connectivity index (χ1n) is 9.58. The van der Waals surface area contributed by atoms with E-state index < -0.39 is 0 Å². The fourth-order valence-electron chi connectivity index (χ4n) is 4.43. The third kappa shape index (κ3) is 3.08. The zero-order chi connectivity index (χ0) is 17.4. The molecule has 0 spiro atoms. The topological polar surface area (TPSA) is 12.4 Å². The zero-order valence-electron chi connectivity index (χ0n) is 15.4. The number of hydrogen-bond acceptors (Lipinski definition) is 1. The van der Waals surface area contributed by atoms with Gasteiger partial charge in [-0.1, -0.05) is 67.8 Å². The van der Waals surface area contributed by atoms with E-state index in [4.69, 9.17) is 4.99 Å². The number of allylic oxidation sites excluding steroid dienone is 1. The van der Waals surface area contributed by atoms with Crippen LogP contribution in [0, 0.1) is 12.8 Å². The summed E-state index contributed by atoms with van der Waals surface area (Å²) in [6.45, 7) is 8.72. The van der Waals surface area contributed by atoms with Crippen molar-refractivity contribution in [3.8, 4) is 0 Å². The predicted molar refractivity (Wildman–Crippen MR) is 108 cm³/mol. The van der Waals surface area contributed by atoms with E-state index in [-0.39, 0.29) is 0 Å². The summed E-state index contributed by atoms with van der Waals surface area (Å²) in [5, 5.41) is 0. The van der Waals surface area contributed by atoms with Gasteiger partial charge in [-0.25, -0.2) is 0 Å². The Labute approximate surface area is 151 Å². The second kappa shape index (κ2) is 6.63. The van der Waals surface area contributed by atoms with Gasteiger partial charge in [0.1, 0.15) is 0 Å². The number of hydrogen-bond donors (Lipinski definition) is 0. The number of nitrogens with zero attached hydrogens (tertiary/aromatic N) is 1. The lowest BCUT2D eigenvalue weighted by molar-refractivity contribution is 0.430. The van der Waals surface area contributed by atoms with Gasteiger partial charge in [0.2, 0.25) is 0 Å². The quantitative estimate of drug-likeness (QED) is 0.585. The number of aryl methyl sites for hydroxylation is 1. The van der Waals surface area contributed by atoms with E-state index in [1.165, 1.54) is 65.6 Å². The van der Waals surface area contributed by atoms with Crippen LogP contribution in [0.15, 0.2) is 54.0 Å². The van der Waals surface area contributed by atoms with Crippen LogP contribution < -0.4 is 0 Å². The Morgan fingerprint density at radius 1 is 0.960 bits per heavy atom. The van der Waals surface area contributed by atoms with Crippen LogP contribution >= 0.6 is 0 Å². The van der Waals surface area contributed by atoms with Crippen molar-refractivity contribution in [2.75, 3.05) is 0 Å². The Bertz CT molecular complexity index is 820. The van der Waals surface area contributed by atoms with E-state index >= 15 is 0 Å². The monoisotopic (exact) mass is 329 g/mol. The molecule has 1 fully saturated rings. The van der Waals surface area contributed by atoms with Crippen LogP contribution in [-0.4, -0.2) is 5.71 Å². The maximum Gasteiger partial charge on any atom is 0.0677 e. The molecule has 1 aliphatic heterocycles. The van der Waals surface area contributed by atoms with Crippen LogP contribution in [0.1, 0.15) is 67.2 Å². The Morgan fingerprint density at radius 3 is 2.40 bits per heavy atom. The normalized spacial score (nSPS) is 20.2. The molecule has 1 nitrogen and oxygen atoms in total. The lowest BCUT2D eigenvalue weighted by Crippen LogP contribution is -2.08. The first kappa shape index (κ1) is 16.3.